The van der Waals surface area contributed by atoms with E-state index in [1.165, 1.54) is 6.92 Å². The zero-order valence-electron chi connectivity index (χ0n) is 6.14. The summed E-state index contributed by atoms with van der Waals surface area (Å²) in [6.45, 7) is 5.23. The van der Waals surface area contributed by atoms with Gasteiger partial charge in [0.15, 0.2) is 0 Å². The molecule has 0 bridgehead atoms. The first-order valence-electron chi connectivity index (χ1n) is 3.06. The molecule has 2 atom stereocenters. The van der Waals surface area contributed by atoms with Crippen molar-refractivity contribution in [2.24, 2.45) is 5.73 Å². The molecule has 0 spiro atoms. The van der Waals surface area contributed by atoms with Gasteiger partial charge < -0.3 is 11.1 Å². The summed E-state index contributed by atoms with van der Waals surface area (Å²) in [5, 5.41) is 2.68. The summed E-state index contributed by atoms with van der Waals surface area (Å²) in [6, 6.07) is 0.0939. The molecule has 0 aromatic rings. The SMILES string of the molecule is CC(=O)N[C@@H](C)[C@H](C)N. The van der Waals surface area contributed by atoms with Gasteiger partial charge in [-0.2, -0.15) is 0 Å². The van der Waals surface area contributed by atoms with Gasteiger partial charge in [0.2, 0.25) is 5.91 Å². The number of carbonyl (C=O) groups excluding carboxylic acids is 1. The maximum atomic E-state index is 10.4. The highest BCUT2D eigenvalue weighted by atomic mass is 16.1. The Hall–Kier alpha value is -0.570. The van der Waals surface area contributed by atoms with Crippen molar-refractivity contribution in [3.63, 3.8) is 0 Å². The first-order chi connectivity index (χ1) is 4.04. The predicted molar refractivity (Wildman–Crippen MR) is 36.9 cm³/mol. The zero-order chi connectivity index (χ0) is 7.44. The minimum atomic E-state index is -0.0280. The minimum Gasteiger partial charge on any atom is -0.352 e. The molecule has 3 nitrogen and oxygen atoms in total. The van der Waals surface area contributed by atoms with E-state index in [0.717, 1.165) is 0 Å². The molecule has 0 rings (SSSR count). The van der Waals surface area contributed by atoms with Crippen LogP contribution in [0.15, 0.2) is 0 Å². The maximum Gasteiger partial charge on any atom is 0.217 e. The van der Waals surface area contributed by atoms with Crippen LogP contribution in [0.25, 0.3) is 0 Å². The molecule has 0 aromatic carbocycles. The standard InChI is InChI=1S/C6H14N2O/c1-4(7)5(2)8-6(3)9/h4-5H,7H2,1-3H3,(H,8,9)/t4-,5-/m0/s1. The molecule has 3 heteroatoms. The average Bonchev–Trinajstić information content (AvgIpc) is 1.63. The Labute approximate surface area is 55.6 Å². The molecule has 0 fully saturated rings. The van der Waals surface area contributed by atoms with E-state index in [4.69, 9.17) is 5.73 Å². The van der Waals surface area contributed by atoms with Crippen molar-refractivity contribution in [2.45, 2.75) is 32.9 Å². The Morgan fingerprint density at radius 2 is 2.00 bits per heavy atom. The van der Waals surface area contributed by atoms with E-state index < -0.39 is 0 Å². The van der Waals surface area contributed by atoms with Crippen LogP contribution in [0.1, 0.15) is 20.8 Å². The van der Waals surface area contributed by atoms with Gasteiger partial charge in [-0.05, 0) is 13.8 Å². The lowest BCUT2D eigenvalue weighted by molar-refractivity contribution is -0.119. The molecule has 0 radical (unpaired) electrons. The monoisotopic (exact) mass is 130 g/mol. The summed E-state index contributed by atoms with van der Waals surface area (Å²) in [5.41, 5.74) is 5.47. The molecule has 0 heterocycles. The lowest BCUT2D eigenvalue weighted by atomic mass is 10.2. The predicted octanol–water partition coefficient (Wildman–Crippen LogP) is -0.142. The van der Waals surface area contributed by atoms with Crippen LogP contribution in [-0.2, 0) is 4.79 Å². The number of amides is 1. The molecule has 3 N–H and O–H groups in total. The highest BCUT2D eigenvalue weighted by molar-refractivity contribution is 5.73. The number of nitrogens with one attached hydrogen (secondary N) is 1. The lowest BCUT2D eigenvalue weighted by Crippen LogP contribution is -2.42. The molecule has 0 saturated heterocycles. The van der Waals surface area contributed by atoms with Crippen LogP contribution in [0.5, 0.6) is 0 Å². The molecule has 0 unspecified atom stereocenters. The number of rotatable bonds is 2. The highest BCUT2D eigenvalue weighted by Gasteiger charge is 2.06. The summed E-state index contributed by atoms with van der Waals surface area (Å²) in [7, 11) is 0. The normalized spacial score (nSPS) is 16.4. The van der Waals surface area contributed by atoms with Crippen molar-refractivity contribution in [1.29, 1.82) is 0 Å². The third-order valence-electron chi connectivity index (χ3n) is 1.22. The molecule has 0 aliphatic rings. The van der Waals surface area contributed by atoms with Crippen LogP contribution in [0.2, 0.25) is 0 Å². The van der Waals surface area contributed by atoms with E-state index in [1.807, 2.05) is 13.8 Å². The number of nitrogens with two attached hydrogens (primary N) is 1. The van der Waals surface area contributed by atoms with Crippen LogP contribution in [-0.4, -0.2) is 18.0 Å². The molecule has 1 amide bonds. The quantitative estimate of drug-likeness (QED) is 0.546. The van der Waals surface area contributed by atoms with Gasteiger partial charge in [0.25, 0.3) is 0 Å². The third kappa shape index (κ3) is 3.97. The minimum absolute atomic E-state index is 0.0221. The van der Waals surface area contributed by atoms with Crippen molar-refractivity contribution in [2.75, 3.05) is 0 Å². The summed E-state index contributed by atoms with van der Waals surface area (Å²) >= 11 is 0. The molecule has 0 aliphatic carbocycles. The van der Waals surface area contributed by atoms with Gasteiger partial charge in [0.05, 0.1) is 0 Å². The second-order valence-corrected chi connectivity index (χ2v) is 2.35. The number of hydrogen-bond donors (Lipinski definition) is 2. The maximum absolute atomic E-state index is 10.4. The van der Waals surface area contributed by atoms with Crippen molar-refractivity contribution < 1.29 is 4.79 Å². The van der Waals surface area contributed by atoms with E-state index in [-0.39, 0.29) is 18.0 Å². The Balaban J connectivity index is 3.50. The molecule has 9 heavy (non-hydrogen) atoms. The van der Waals surface area contributed by atoms with E-state index in [9.17, 15) is 4.79 Å². The first kappa shape index (κ1) is 8.43. The lowest BCUT2D eigenvalue weighted by Gasteiger charge is -2.15. The van der Waals surface area contributed by atoms with Gasteiger partial charge in [0, 0.05) is 19.0 Å². The molecule has 0 saturated carbocycles. The first-order valence-corrected chi connectivity index (χ1v) is 3.06. The summed E-state index contributed by atoms with van der Waals surface area (Å²) < 4.78 is 0. The van der Waals surface area contributed by atoms with Crippen molar-refractivity contribution in [1.82, 2.24) is 5.32 Å². The Morgan fingerprint density at radius 3 is 2.11 bits per heavy atom. The van der Waals surface area contributed by atoms with E-state index >= 15 is 0 Å². The molecule has 54 valence electrons. The van der Waals surface area contributed by atoms with E-state index in [1.54, 1.807) is 0 Å². The summed E-state index contributed by atoms with van der Waals surface area (Å²) in [4.78, 5) is 10.4. The fourth-order valence-electron chi connectivity index (χ4n) is 0.452. The van der Waals surface area contributed by atoms with E-state index in [0.29, 0.717) is 0 Å². The largest absolute Gasteiger partial charge is 0.352 e. The van der Waals surface area contributed by atoms with Crippen molar-refractivity contribution in [3.8, 4) is 0 Å². The zero-order valence-corrected chi connectivity index (χ0v) is 6.14. The van der Waals surface area contributed by atoms with Gasteiger partial charge in [-0.25, -0.2) is 0 Å². The summed E-state index contributed by atoms with van der Waals surface area (Å²) in [6.07, 6.45) is 0. The van der Waals surface area contributed by atoms with Crippen LogP contribution < -0.4 is 11.1 Å². The second kappa shape index (κ2) is 3.45. The topological polar surface area (TPSA) is 55.1 Å². The van der Waals surface area contributed by atoms with Gasteiger partial charge in [-0.1, -0.05) is 0 Å². The average molecular weight is 130 g/mol. The van der Waals surface area contributed by atoms with Crippen molar-refractivity contribution >= 4 is 5.91 Å². The molecular formula is C6H14N2O. The number of hydrogen-bond acceptors (Lipinski definition) is 2. The van der Waals surface area contributed by atoms with Gasteiger partial charge in [-0.15, -0.1) is 0 Å². The van der Waals surface area contributed by atoms with Gasteiger partial charge >= 0.3 is 0 Å². The van der Waals surface area contributed by atoms with Gasteiger partial charge in [-0.3, -0.25) is 4.79 Å². The Kier molecular flexibility index (Phi) is 3.24. The second-order valence-electron chi connectivity index (χ2n) is 2.35. The molecule has 0 aliphatic heterocycles. The molecular weight excluding hydrogens is 116 g/mol. The fourth-order valence-corrected chi connectivity index (χ4v) is 0.452. The van der Waals surface area contributed by atoms with Crippen LogP contribution in [0.4, 0.5) is 0 Å². The van der Waals surface area contributed by atoms with Crippen LogP contribution in [0, 0.1) is 0 Å². The number of carbonyl (C=O) groups is 1. The highest BCUT2D eigenvalue weighted by Crippen LogP contribution is 1.85. The van der Waals surface area contributed by atoms with Crippen LogP contribution in [0.3, 0.4) is 0 Å². The third-order valence-corrected chi connectivity index (χ3v) is 1.22. The smallest absolute Gasteiger partial charge is 0.217 e. The summed E-state index contributed by atoms with van der Waals surface area (Å²) in [5.74, 6) is -0.0280. The van der Waals surface area contributed by atoms with E-state index in [2.05, 4.69) is 5.32 Å². The van der Waals surface area contributed by atoms with Gasteiger partial charge in [0.1, 0.15) is 0 Å². The Bertz CT molecular complexity index is 101. The Morgan fingerprint density at radius 1 is 1.56 bits per heavy atom. The molecule has 0 aromatic heterocycles. The van der Waals surface area contributed by atoms with Crippen molar-refractivity contribution in [3.05, 3.63) is 0 Å². The van der Waals surface area contributed by atoms with Crippen LogP contribution >= 0.6 is 0 Å². The fraction of sp³-hybridized carbons (Fsp3) is 0.833.